The minimum absolute atomic E-state index is 0.0511. The lowest BCUT2D eigenvalue weighted by atomic mass is 9.65. The Balaban J connectivity index is 1.54. The number of hydrogen-bond acceptors (Lipinski definition) is 6. The maximum atomic E-state index is 13.2. The van der Waals surface area contributed by atoms with Gasteiger partial charge in [-0.25, -0.2) is 4.99 Å². The van der Waals surface area contributed by atoms with Gasteiger partial charge < -0.3 is 9.73 Å². The van der Waals surface area contributed by atoms with Crippen LogP contribution in [0.3, 0.4) is 0 Å². The van der Waals surface area contributed by atoms with Crippen LogP contribution in [0.5, 0.6) is 0 Å². The minimum Gasteiger partial charge on any atom is -0.423 e. The quantitative estimate of drug-likeness (QED) is 0.729. The van der Waals surface area contributed by atoms with Crippen LogP contribution in [0.4, 0.5) is 6.01 Å². The molecule has 0 radical (unpaired) electrons. The summed E-state index contributed by atoms with van der Waals surface area (Å²) in [6.45, 7) is 6.59. The van der Waals surface area contributed by atoms with Gasteiger partial charge in [0.2, 0.25) is 5.96 Å². The van der Waals surface area contributed by atoms with E-state index >= 15 is 0 Å². The monoisotopic (exact) mass is 392 g/mol. The van der Waals surface area contributed by atoms with E-state index in [0.29, 0.717) is 24.3 Å². The average molecular weight is 393 g/mol. The van der Waals surface area contributed by atoms with Crippen LogP contribution in [0.2, 0.25) is 0 Å². The number of anilines is 1. The number of fused-ring (bicyclic) bond motifs is 2. The number of guanidine groups is 1. The Morgan fingerprint density at radius 1 is 1.24 bits per heavy atom. The molecule has 1 saturated carbocycles. The predicted octanol–water partition coefficient (Wildman–Crippen LogP) is 4.79. The first-order chi connectivity index (χ1) is 13.8. The Morgan fingerprint density at radius 2 is 2.07 bits per heavy atom. The van der Waals surface area contributed by atoms with Crippen molar-refractivity contribution in [3.63, 3.8) is 0 Å². The lowest BCUT2D eigenvalue weighted by Gasteiger charge is -2.46. The third-order valence-corrected chi connectivity index (χ3v) is 6.43. The molecule has 6 nitrogen and oxygen atoms in total. The smallest absolute Gasteiger partial charge is 0.302 e. The number of benzene rings is 1. The zero-order valence-corrected chi connectivity index (χ0v) is 17.3. The van der Waals surface area contributed by atoms with Crippen LogP contribution < -0.4 is 10.6 Å². The van der Waals surface area contributed by atoms with Gasteiger partial charge >= 0.3 is 6.01 Å². The average Bonchev–Trinajstić information content (AvgIpc) is 3.01. The number of para-hydroxylation sites is 2. The molecule has 0 bridgehead atoms. The van der Waals surface area contributed by atoms with Gasteiger partial charge in [0.25, 0.3) is 0 Å². The lowest BCUT2D eigenvalue weighted by Crippen LogP contribution is -2.51. The topological polar surface area (TPSA) is 79.5 Å². The number of aliphatic imine (C=N–C) groups is 1. The summed E-state index contributed by atoms with van der Waals surface area (Å²) in [5, 5.41) is 6.67. The van der Waals surface area contributed by atoms with Crippen molar-refractivity contribution in [3.05, 3.63) is 35.5 Å². The molecular weight excluding hydrogens is 364 g/mol. The fraction of sp³-hybridized carbons (Fsp3) is 0.522. The third-order valence-electron chi connectivity index (χ3n) is 6.43. The largest absolute Gasteiger partial charge is 0.423 e. The first-order valence-corrected chi connectivity index (χ1v) is 10.6. The molecule has 2 heterocycles. The fourth-order valence-corrected chi connectivity index (χ4v) is 5.35. The molecule has 1 aliphatic heterocycles. The zero-order chi connectivity index (χ0) is 20.2. The summed E-state index contributed by atoms with van der Waals surface area (Å²) in [5.41, 5.74) is 3.01. The number of Topliss-reactive ketones (excluding diaryl/α,β-unsaturated/α-hetero) is 1. The highest BCUT2D eigenvalue weighted by atomic mass is 16.4. The Labute approximate surface area is 170 Å². The first-order valence-electron chi connectivity index (χ1n) is 10.6. The Kier molecular flexibility index (Phi) is 4.09. The maximum absolute atomic E-state index is 13.2. The van der Waals surface area contributed by atoms with Gasteiger partial charge in [-0.1, -0.05) is 45.7 Å². The second-order valence-corrected chi connectivity index (χ2v) is 9.72. The summed E-state index contributed by atoms with van der Waals surface area (Å²) in [6.07, 6.45) is 5.56. The van der Waals surface area contributed by atoms with Gasteiger partial charge in [0.1, 0.15) is 5.52 Å². The van der Waals surface area contributed by atoms with E-state index in [1.54, 1.807) is 0 Å². The Hall–Kier alpha value is -2.63. The number of carbonyl (C=O) groups excluding carboxylic acids is 1. The number of nitrogens with one attached hydrogen (secondary N) is 2. The molecule has 2 unspecified atom stereocenters. The van der Waals surface area contributed by atoms with Crippen molar-refractivity contribution in [1.82, 2.24) is 10.3 Å². The van der Waals surface area contributed by atoms with E-state index in [2.05, 4.69) is 36.4 Å². The molecule has 29 heavy (non-hydrogen) atoms. The first kappa shape index (κ1) is 18.4. The molecule has 1 aromatic heterocycles. The number of aromatic nitrogens is 1. The Bertz CT molecular complexity index is 1020. The number of oxazole rings is 1. The van der Waals surface area contributed by atoms with Crippen molar-refractivity contribution >= 4 is 28.9 Å². The summed E-state index contributed by atoms with van der Waals surface area (Å²) in [6, 6.07) is 8.11. The highest BCUT2D eigenvalue weighted by molar-refractivity contribution is 6.04. The molecule has 1 fully saturated rings. The molecule has 6 heteroatoms. The van der Waals surface area contributed by atoms with Crippen molar-refractivity contribution < 1.29 is 9.21 Å². The molecule has 1 aromatic carbocycles. The molecule has 0 amide bonds. The Morgan fingerprint density at radius 3 is 2.86 bits per heavy atom. The van der Waals surface area contributed by atoms with E-state index < -0.39 is 5.54 Å². The van der Waals surface area contributed by atoms with Crippen LogP contribution in [0.25, 0.3) is 11.1 Å². The summed E-state index contributed by atoms with van der Waals surface area (Å²) in [7, 11) is 0. The highest BCUT2D eigenvalue weighted by Gasteiger charge is 2.48. The summed E-state index contributed by atoms with van der Waals surface area (Å²) < 4.78 is 5.84. The van der Waals surface area contributed by atoms with Crippen molar-refractivity contribution in [2.24, 2.45) is 16.3 Å². The van der Waals surface area contributed by atoms with Gasteiger partial charge in [-0.2, -0.15) is 4.98 Å². The highest BCUT2D eigenvalue weighted by Crippen LogP contribution is 2.48. The van der Waals surface area contributed by atoms with E-state index in [0.717, 1.165) is 48.1 Å². The van der Waals surface area contributed by atoms with E-state index in [1.165, 1.54) is 6.42 Å². The van der Waals surface area contributed by atoms with Gasteiger partial charge in [-0.15, -0.1) is 0 Å². The normalized spacial score (nSPS) is 28.9. The molecule has 2 aliphatic carbocycles. The number of nitrogens with zero attached hydrogens (tertiary/aromatic N) is 2. The molecule has 152 valence electrons. The molecule has 3 aliphatic rings. The van der Waals surface area contributed by atoms with Crippen molar-refractivity contribution in [3.8, 4) is 0 Å². The van der Waals surface area contributed by atoms with Crippen LogP contribution in [0.1, 0.15) is 59.3 Å². The summed E-state index contributed by atoms with van der Waals surface area (Å²) in [5.74, 6) is 1.44. The molecule has 5 rings (SSSR count). The third kappa shape index (κ3) is 3.24. The van der Waals surface area contributed by atoms with E-state index in [1.807, 2.05) is 24.3 Å². The van der Waals surface area contributed by atoms with Crippen molar-refractivity contribution in [2.45, 2.75) is 64.8 Å². The maximum Gasteiger partial charge on any atom is 0.302 e. The molecule has 1 spiro atoms. The molecule has 2 aromatic rings. The number of hydrogen-bond donors (Lipinski definition) is 2. The lowest BCUT2D eigenvalue weighted by molar-refractivity contribution is -0.119. The van der Waals surface area contributed by atoms with Crippen LogP contribution >= 0.6 is 0 Å². The minimum atomic E-state index is -0.430. The van der Waals surface area contributed by atoms with Crippen molar-refractivity contribution in [2.75, 3.05) is 5.32 Å². The predicted molar refractivity (Wildman–Crippen MR) is 114 cm³/mol. The number of allylic oxidation sites excluding steroid dienone is 1. The second-order valence-electron chi connectivity index (χ2n) is 9.72. The number of ketones is 1. The van der Waals surface area contributed by atoms with E-state index in [4.69, 9.17) is 9.41 Å². The standard InChI is InChI=1S/C23H28N4O2/c1-14-7-6-10-23(11-14)19-16(12-22(2,3)13-17(19)28)24-20(27-23)26-21-25-15-8-4-5-9-18(15)29-21/h4-5,8-9,14H,6-7,10-13H2,1-3H3,(H2,24,25,26,27). The van der Waals surface area contributed by atoms with Gasteiger partial charge in [-0.3, -0.25) is 10.1 Å². The van der Waals surface area contributed by atoms with Gasteiger partial charge in [0.15, 0.2) is 11.4 Å². The summed E-state index contributed by atoms with van der Waals surface area (Å²) in [4.78, 5) is 22.8. The van der Waals surface area contributed by atoms with Crippen LogP contribution in [0, 0.1) is 11.3 Å². The molecular formula is C23H28N4O2. The van der Waals surface area contributed by atoms with Crippen molar-refractivity contribution in [1.29, 1.82) is 0 Å². The van der Waals surface area contributed by atoms with Gasteiger partial charge in [0, 0.05) is 17.7 Å². The van der Waals surface area contributed by atoms with E-state index in [9.17, 15) is 4.79 Å². The molecule has 0 saturated heterocycles. The summed E-state index contributed by atoms with van der Waals surface area (Å²) >= 11 is 0. The van der Waals surface area contributed by atoms with Crippen LogP contribution in [-0.2, 0) is 4.79 Å². The zero-order valence-electron chi connectivity index (χ0n) is 17.3. The van der Waals surface area contributed by atoms with E-state index in [-0.39, 0.29) is 11.2 Å². The van der Waals surface area contributed by atoms with Gasteiger partial charge in [0.05, 0.1) is 5.54 Å². The fourth-order valence-electron chi connectivity index (χ4n) is 5.35. The number of rotatable bonds is 1. The van der Waals surface area contributed by atoms with Crippen LogP contribution in [0.15, 0.2) is 44.9 Å². The molecule has 2 atom stereocenters. The van der Waals surface area contributed by atoms with Gasteiger partial charge in [-0.05, 0) is 42.7 Å². The SMILES string of the molecule is CC1CCCC2(C1)N=C(Nc1nc3ccccc3o1)NC1=C2C(=O)CC(C)(C)C1. The van der Waals surface area contributed by atoms with Crippen LogP contribution in [-0.4, -0.2) is 22.3 Å². The molecule has 2 N–H and O–H groups in total. The number of carbonyl (C=O) groups is 1. The second kappa shape index (κ2) is 6.44.